The maximum atomic E-state index is 13.0. The van der Waals surface area contributed by atoms with Crippen LogP contribution in [0.25, 0.3) is 0 Å². The zero-order valence-corrected chi connectivity index (χ0v) is 11.0. The van der Waals surface area contributed by atoms with Crippen molar-refractivity contribution < 1.29 is 18.3 Å². The van der Waals surface area contributed by atoms with Crippen LogP contribution in [0.1, 0.15) is 13.8 Å². The number of halogens is 2. The van der Waals surface area contributed by atoms with E-state index >= 15 is 0 Å². The van der Waals surface area contributed by atoms with Crippen molar-refractivity contribution in [3.8, 4) is 0 Å². The minimum atomic E-state index is -1.16. The molecule has 1 rings (SSSR count). The number of carbonyl (C=O) groups excluding carboxylic acids is 1. The molecular formula is C12H15F2NO2S. The van der Waals surface area contributed by atoms with E-state index in [0.29, 0.717) is 4.90 Å². The van der Waals surface area contributed by atoms with Gasteiger partial charge >= 0.3 is 5.97 Å². The second kappa shape index (κ2) is 6.15. The Morgan fingerprint density at radius 1 is 1.44 bits per heavy atom. The SMILES string of the molecule is CCOC(=O)C(C)(N)CSc1ccc(F)c(F)c1. The van der Waals surface area contributed by atoms with Gasteiger partial charge in [-0.2, -0.15) is 0 Å². The molecule has 0 amide bonds. The molecule has 0 saturated heterocycles. The molecule has 3 nitrogen and oxygen atoms in total. The average Bonchev–Trinajstić information content (AvgIpc) is 2.31. The minimum absolute atomic E-state index is 0.219. The first kappa shape index (κ1) is 14.9. The summed E-state index contributed by atoms with van der Waals surface area (Å²) >= 11 is 1.17. The lowest BCUT2D eigenvalue weighted by Gasteiger charge is -2.21. The largest absolute Gasteiger partial charge is 0.465 e. The van der Waals surface area contributed by atoms with Crippen molar-refractivity contribution in [2.24, 2.45) is 5.73 Å². The van der Waals surface area contributed by atoms with Crippen molar-refractivity contribution in [3.05, 3.63) is 29.8 Å². The molecule has 0 heterocycles. The normalized spacial score (nSPS) is 14.1. The van der Waals surface area contributed by atoms with Crippen LogP contribution in [0.5, 0.6) is 0 Å². The Kier molecular flexibility index (Phi) is 5.10. The highest BCUT2D eigenvalue weighted by Crippen LogP contribution is 2.24. The molecule has 0 aliphatic heterocycles. The van der Waals surface area contributed by atoms with E-state index in [2.05, 4.69) is 0 Å². The molecule has 0 saturated carbocycles. The van der Waals surface area contributed by atoms with Crippen LogP contribution in [0.15, 0.2) is 23.1 Å². The van der Waals surface area contributed by atoms with Crippen LogP contribution in [-0.4, -0.2) is 23.9 Å². The van der Waals surface area contributed by atoms with Crippen LogP contribution >= 0.6 is 11.8 Å². The van der Waals surface area contributed by atoms with Gasteiger partial charge in [0.25, 0.3) is 0 Å². The highest BCUT2D eigenvalue weighted by atomic mass is 32.2. The van der Waals surface area contributed by atoms with Gasteiger partial charge in [-0.15, -0.1) is 11.8 Å². The van der Waals surface area contributed by atoms with Crippen molar-refractivity contribution in [3.63, 3.8) is 0 Å². The van der Waals surface area contributed by atoms with Gasteiger partial charge in [-0.05, 0) is 32.0 Å². The third-order valence-electron chi connectivity index (χ3n) is 2.17. The standard InChI is InChI=1S/C12H15F2NO2S/c1-3-17-11(16)12(2,15)7-18-8-4-5-9(13)10(14)6-8/h4-6H,3,7,15H2,1-2H3. The third-order valence-corrected chi connectivity index (χ3v) is 3.50. The number of ether oxygens (including phenoxy) is 1. The lowest BCUT2D eigenvalue weighted by molar-refractivity contribution is -0.148. The van der Waals surface area contributed by atoms with Gasteiger partial charge in [-0.3, -0.25) is 4.79 Å². The van der Waals surface area contributed by atoms with Crippen molar-refractivity contribution in [1.82, 2.24) is 0 Å². The lowest BCUT2D eigenvalue weighted by atomic mass is 10.1. The molecule has 2 N–H and O–H groups in total. The fourth-order valence-electron chi connectivity index (χ4n) is 1.15. The van der Waals surface area contributed by atoms with Crippen molar-refractivity contribution in [2.75, 3.05) is 12.4 Å². The second-order valence-electron chi connectivity index (χ2n) is 4.00. The molecule has 1 aromatic carbocycles. The van der Waals surface area contributed by atoms with E-state index in [-0.39, 0.29) is 12.4 Å². The number of hydrogen-bond donors (Lipinski definition) is 1. The smallest absolute Gasteiger partial charge is 0.326 e. The van der Waals surface area contributed by atoms with Crippen LogP contribution in [-0.2, 0) is 9.53 Å². The number of esters is 1. The first-order valence-corrected chi connectivity index (χ1v) is 6.39. The lowest BCUT2D eigenvalue weighted by Crippen LogP contribution is -2.48. The number of benzene rings is 1. The van der Waals surface area contributed by atoms with E-state index in [1.54, 1.807) is 6.92 Å². The van der Waals surface area contributed by atoms with E-state index in [1.165, 1.54) is 24.8 Å². The number of carbonyl (C=O) groups is 1. The molecule has 0 aliphatic rings. The van der Waals surface area contributed by atoms with Crippen LogP contribution in [0.4, 0.5) is 8.78 Å². The zero-order valence-electron chi connectivity index (χ0n) is 10.2. The Morgan fingerprint density at radius 3 is 2.67 bits per heavy atom. The Balaban J connectivity index is 2.63. The van der Waals surface area contributed by atoms with E-state index in [1.807, 2.05) is 0 Å². The van der Waals surface area contributed by atoms with Gasteiger partial charge in [-0.25, -0.2) is 8.78 Å². The summed E-state index contributed by atoms with van der Waals surface area (Å²) in [5.74, 6) is -2.12. The Labute approximate surface area is 109 Å². The Bertz CT molecular complexity index is 438. The fourth-order valence-corrected chi connectivity index (χ4v) is 2.09. The van der Waals surface area contributed by atoms with Crippen LogP contribution < -0.4 is 5.73 Å². The average molecular weight is 275 g/mol. The quantitative estimate of drug-likeness (QED) is 0.662. The molecule has 1 atom stereocenters. The molecule has 0 spiro atoms. The summed E-state index contributed by atoms with van der Waals surface area (Å²) in [5, 5.41) is 0. The number of thioether (sulfide) groups is 1. The predicted molar refractivity (Wildman–Crippen MR) is 66.3 cm³/mol. The number of nitrogens with two attached hydrogens (primary N) is 1. The van der Waals surface area contributed by atoms with Gasteiger partial charge < -0.3 is 10.5 Å². The summed E-state index contributed by atoms with van der Waals surface area (Å²) in [6.07, 6.45) is 0. The highest BCUT2D eigenvalue weighted by molar-refractivity contribution is 7.99. The first-order chi connectivity index (χ1) is 8.36. The molecule has 0 aromatic heterocycles. The summed E-state index contributed by atoms with van der Waals surface area (Å²) < 4.78 is 30.5. The monoisotopic (exact) mass is 275 g/mol. The Morgan fingerprint density at radius 2 is 2.11 bits per heavy atom. The topological polar surface area (TPSA) is 52.3 Å². The van der Waals surface area contributed by atoms with Crippen LogP contribution in [0.2, 0.25) is 0 Å². The van der Waals surface area contributed by atoms with Gasteiger partial charge in [0.1, 0.15) is 5.54 Å². The fraction of sp³-hybridized carbons (Fsp3) is 0.417. The van der Waals surface area contributed by atoms with Gasteiger partial charge in [0.2, 0.25) is 0 Å². The minimum Gasteiger partial charge on any atom is -0.465 e. The van der Waals surface area contributed by atoms with Crippen LogP contribution in [0, 0.1) is 11.6 Å². The zero-order chi connectivity index (χ0) is 13.8. The number of rotatable bonds is 5. The molecule has 6 heteroatoms. The number of hydrogen-bond acceptors (Lipinski definition) is 4. The molecule has 0 fully saturated rings. The summed E-state index contributed by atoms with van der Waals surface area (Å²) in [6.45, 7) is 3.48. The van der Waals surface area contributed by atoms with Gasteiger partial charge in [0.05, 0.1) is 6.61 Å². The molecular weight excluding hydrogens is 260 g/mol. The molecule has 1 unspecified atom stereocenters. The summed E-state index contributed by atoms with van der Waals surface area (Å²) in [4.78, 5) is 12.0. The van der Waals surface area contributed by atoms with E-state index in [9.17, 15) is 13.6 Å². The molecule has 0 bridgehead atoms. The van der Waals surface area contributed by atoms with Crippen molar-refractivity contribution >= 4 is 17.7 Å². The molecule has 100 valence electrons. The maximum absolute atomic E-state index is 13.0. The molecule has 0 radical (unpaired) electrons. The summed E-state index contributed by atoms with van der Waals surface area (Å²) in [7, 11) is 0. The summed E-state index contributed by atoms with van der Waals surface area (Å²) in [5.41, 5.74) is 4.64. The van der Waals surface area contributed by atoms with Gasteiger partial charge in [0.15, 0.2) is 11.6 Å². The van der Waals surface area contributed by atoms with Gasteiger partial charge in [0, 0.05) is 10.6 Å². The molecule has 0 aliphatic carbocycles. The Hall–Kier alpha value is -1.14. The van der Waals surface area contributed by atoms with E-state index < -0.39 is 23.1 Å². The van der Waals surface area contributed by atoms with Crippen LogP contribution in [0.3, 0.4) is 0 Å². The maximum Gasteiger partial charge on any atom is 0.326 e. The third kappa shape index (κ3) is 3.96. The van der Waals surface area contributed by atoms with E-state index in [4.69, 9.17) is 10.5 Å². The van der Waals surface area contributed by atoms with Crippen molar-refractivity contribution in [2.45, 2.75) is 24.3 Å². The first-order valence-electron chi connectivity index (χ1n) is 5.41. The molecule has 18 heavy (non-hydrogen) atoms. The van der Waals surface area contributed by atoms with E-state index in [0.717, 1.165) is 12.1 Å². The second-order valence-corrected chi connectivity index (χ2v) is 5.05. The molecule has 1 aromatic rings. The van der Waals surface area contributed by atoms with Crippen molar-refractivity contribution in [1.29, 1.82) is 0 Å². The van der Waals surface area contributed by atoms with Gasteiger partial charge in [-0.1, -0.05) is 0 Å². The summed E-state index contributed by atoms with van der Waals surface area (Å²) in [6, 6.07) is 3.54. The highest BCUT2D eigenvalue weighted by Gasteiger charge is 2.30. The predicted octanol–water partition coefficient (Wildman–Crippen LogP) is 2.34.